The first-order chi connectivity index (χ1) is 13.0. The molecule has 2 atom stereocenters. The maximum atomic E-state index is 10.7. The number of hydrogen-bond acceptors (Lipinski definition) is 7. The first-order valence-corrected chi connectivity index (χ1v) is 13.4. The molecule has 1 rings (SSSR count). The second kappa shape index (κ2) is 19.6. The Bertz CT molecular complexity index is 377. The number of rotatable bonds is 15. The van der Waals surface area contributed by atoms with Gasteiger partial charge in [-0.2, -0.15) is 23.5 Å². The van der Waals surface area contributed by atoms with E-state index in [1.165, 1.54) is 43.5 Å². The maximum Gasteiger partial charge on any atom is 0.129 e. The summed E-state index contributed by atoms with van der Waals surface area (Å²) in [6, 6.07) is 0. The molecule has 1 aliphatic heterocycles. The van der Waals surface area contributed by atoms with Crippen molar-refractivity contribution in [3.8, 4) is 0 Å². The van der Waals surface area contributed by atoms with Crippen molar-refractivity contribution in [2.75, 3.05) is 17.8 Å². The fourth-order valence-electron chi connectivity index (χ4n) is 2.93. The Morgan fingerprint density at radius 3 is 2.30 bits per heavy atom. The Morgan fingerprint density at radius 2 is 1.78 bits per heavy atom. The van der Waals surface area contributed by atoms with Crippen LogP contribution in [0.2, 0.25) is 0 Å². The van der Waals surface area contributed by atoms with Gasteiger partial charge in [0.2, 0.25) is 0 Å². The number of ketones is 2. The van der Waals surface area contributed by atoms with E-state index in [2.05, 4.69) is 22.3 Å². The van der Waals surface area contributed by atoms with Crippen molar-refractivity contribution in [3.63, 3.8) is 0 Å². The Hall–Kier alpha value is 0.310. The van der Waals surface area contributed by atoms with Gasteiger partial charge in [-0.15, -0.1) is 0 Å². The van der Waals surface area contributed by atoms with Gasteiger partial charge in [0.05, 0.1) is 0 Å². The van der Waals surface area contributed by atoms with Gasteiger partial charge in [0.15, 0.2) is 0 Å². The van der Waals surface area contributed by atoms with Gasteiger partial charge in [-0.3, -0.25) is 0 Å². The molecule has 0 aromatic carbocycles. The quantitative estimate of drug-likeness (QED) is 0.196. The number of nitrogens with two attached hydrogens (primary N) is 1. The van der Waals surface area contributed by atoms with Crippen LogP contribution in [0.5, 0.6) is 0 Å². The van der Waals surface area contributed by atoms with Crippen LogP contribution in [0.4, 0.5) is 0 Å². The van der Waals surface area contributed by atoms with Crippen LogP contribution in [-0.4, -0.2) is 39.8 Å². The Balaban J connectivity index is 0.000000511. The van der Waals surface area contributed by atoms with E-state index in [1.807, 2.05) is 11.8 Å². The van der Waals surface area contributed by atoms with Crippen LogP contribution in [0.3, 0.4) is 0 Å². The van der Waals surface area contributed by atoms with E-state index in [1.54, 1.807) is 13.8 Å². The van der Waals surface area contributed by atoms with E-state index in [9.17, 15) is 9.59 Å². The van der Waals surface area contributed by atoms with Crippen molar-refractivity contribution in [1.82, 2.24) is 0 Å². The van der Waals surface area contributed by atoms with E-state index in [0.717, 1.165) is 49.5 Å². The molecule has 1 fully saturated rings. The normalized spacial score (nSPS) is 17.3. The molecule has 27 heavy (non-hydrogen) atoms. The monoisotopic (exact) mass is 437 g/mol. The smallest absolute Gasteiger partial charge is 0.129 e. The van der Waals surface area contributed by atoms with Crippen molar-refractivity contribution in [3.05, 3.63) is 0 Å². The number of carbonyl (C=O) groups excluding carboxylic acids is 2. The van der Waals surface area contributed by atoms with Crippen molar-refractivity contribution in [2.45, 2.75) is 95.0 Å². The minimum Gasteiger partial charge on any atom is -0.300 e. The topological polar surface area (TPSA) is 69.4 Å². The summed E-state index contributed by atoms with van der Waals surface area (Å²) in [5, 5.41) is 1.38. The lowest BCUT2D eigenvalue weighted by Gasteiger charge is -2.12. The van der Waals surface area contributed by atoms with Crippen LogP contribution in [-0.2, 0) is 13.9 Å². The number of thioether (sulfide) groups is 2. The molecule has 0 aliphatic carbocycles. The van der Waals surface area contributed by atoms with Crippen molar-refractivity contribution in [2.24, 2.45) is 5.90 Å². The molecule has 1 heterocycles. The second-order valence-electron chi connectivity index (χ2n) is 7.13. The van der Waals surface area contributed by atoms with Crippen molar-refractivity contribution >= 4 is 47.1 Å². The molecule has 0 aromatic rings. The standard InChI is InChI=1S/C10H21NO2S2.C10H18OS/c1-9(12)5-3-4-6-10(15-13-11)7-8-14-2;1-9(11)5-2-3-6-10-7-4-8-12-10/h10H,3-8,11H2,1-2H3;10H,2-8H2,1H3. The Labute approximate surface area is 179 Å². The van der Waals surface area contributed by atoms with Gasteiger partial charge in [0.25, 0.3) is 0 Å². The molecule has 1 aliphatic rings. The summed E-state index contributed by atoms with van der Waals surface area (Å²) in [4.78, 5) is 21.4. The molecule has 2 unspecified atom stereocenters. The molecule has 1 saturated heterocycles. The summed E-state index contributed by atoms with van der Waals surface area (Å²) in [6.45, 7) is 3.33. The highest BCUT2D eigenvalue weighted by Crippen LogP contribution is 2.30. The molecule has 160 valence electrons. The molecule has 0 aromatic heterocycles. The predicted octanol–water partition coefficient (Wildman–Crippen LogP) is 5.83. The molecule has 4 nitrogen and oxygen atoms in total. The number of carbonyl (C=O) groups is 2. The third-order valence-electron chi connectivity index (χ3n) is 4.47. The minimum atomic E-state index is 0.276. The highest BCUT2D eigenvalue weighted by atomic mass is 32.2. The molecule has 0 bridgehead atoms. The van der Waals surface area contributed by atoms with Crippen molar-refractivity contribution < 1.29 is 13.9 Å². The summed E-state index contributed by atoms with van der Waals surface area (Å²) < 4.78 is 4.62. The minimum absolute atomic E-state index is 0.276. The molecular formula is C20H39NO3S3. The van der Waals surface area contributed by atoms with Crippen LogP contribution in [0.1, 0.15) is 84.5 Å². The summed E-state index contributed by atoms with van der Waals surface area (Å²) in [5.41, 5.74) is 0. The zero-order valence-corrected chi connectivity index (χ0v) is 19.8. The molecule has 2 N–H and O–H groups in total. The fraction of sp³-hybridized carbons (Fsp3) is 0.900. The van der Waals surface area contributed by atoms with Gasteiger partial charge in [0.1, 0.15) is 11.6 Å². The lowest BCUT2D eigenvalue weighted by atomic mass is 10.1. The highest BCUT2D eigenvalue weighted by molar-refractivity contribution is 8.00. The average Bonchev–Trinajstić information content (AvgIpc) is 3.14. The SMILES string of the molecule is CC(=O)CCCCC1CCCS1.CSCCC(CCCCC(C)=O)SON. The zero-order valence-electron chi connectivity index (χ0n) is 17.4. The molecule has 0 saturated carbocycles. The Morgan fingerprint density at radius 1 is 1.11 bits per heavy atom. The van der Waals surface area contributed by atoms with E-state index < -0.39 is 0 Å². The first kappa shape index (κ1) is 27.3. The van der Waals surface area contributed by atoms with E-state index in [-0.39, 0.29) is 5.78 Å². The zero-order chi connectivity index (χ0) is 20.3. The summed E-state index contributed by atoms with van der Waals surface area (Å²) in [7, 11) is 0. The van der Waals surface area contributed by atoms with Crippen molar-refractivity contribution in [1.29, 1.82) is 0 Å². The molecule has 0 amide bonds. The highest BCUT2D eigenvalue weighted by Gasteiger charge is 2.14. The number of unbranched alkanes of at least 4 members (excludes halogenated alkanes) is 2. The van der Waals surface area contributed by atoms with Crippen LogP contribution in [0.15, 0.2) is 0 Å². The fourth-order valence-corrected chi connectivity index (χ4v) is 5.57. The summed E-state index contributed by atoms with van der Waals surface area (Å²) >= 11 is 5.31. The van der Waals surface area contributed by atoms with E-state index in [4.69, 9.17) is 5.90 Å². The molecule has 0 radical (unpaired) electrons. The van der Waals surface area contributed by atoms with Gasteiger partial charge in [0, 0.05) is 35.4 Å². The number of Topliss-reactive ketones (excluding diaryl/α,β-unsaturated/α-hetero) is 2. The summed E-state index contributed by atoms with van der Waals surface area (Å²) in [5.74, 6) is 8.16. The molecule has 0 spiro atoms. The first-order valence-electron chi connectivity index (χ1n) is 10.1. The van der Waals surface area contributed by atoms with E-state index >= 15 is 0 Å². The van der Waals surface area contributed by atoms with Crippen LogP contribution in [0.25, 0.3) is 0 Å². The third kappa shape index (κ3) is 19.4. The predicted molar refractivity (Wildman–Crippen MR) is 123 cm³/mol. The van der Waals surface area contributed by atoms with Gasteiger partial charge >= 0.3 is 0 Å². The largest absolute Gasteiger partial charge is 0.300 e. The van der Waals surface area contributed by atoms with Crippen LogP contribution >= 0.6 is 35.6 Å². The van der Waals surface area contributed by atoms with Gasteiger partial charge in [-0.05, 0) is 76.6 Å². The molecular weight excluding hydrogens is 398 g/mol. The lowest BCUT2D eigenvalue weighted by molar-refractivity contribution is -0.117. The summed E-state index contributed by atoms with van der Waals surface area (Å²) in [6.07, 6.45) is 14.3. The number of hydrogen-bond donors (Lipinski definition) is 1. The Kier molecular flexibility index (Phi) is 19.8. The third-order valence-corrected chi connectivity index (χ3v) is 7.44. The second-order valence-corrected chi connectivity index (χ2v) is 10.6. The van der Waals surface area contributed by atoms with Gasteiger partial charge < -0.3 is 9.59 Å². The van der Waals surface area contributed by atoms with Gasteiger partial charge in [-0.1, -0.05) is 12.8 Å². The average molecular weight is 438 g/mol. The maximum absolute atomic E-state index is 10.7. The van der Waals surface area contributed by atoms with Crippen LogP contribution < -0.4 is 5.90 Å². The van der Waals surface area contributed by atoms with Crippen LogP contribution in [0, 0.1) is 0 Å². The molecule has 7 heteroatoms. The van der Waals surface area contributed by atoms with Gasteiger partial charge in [-0.25, -0.2) is 10.2 Å². The van der Waals surface area contributed by atoms with E-state index in [0.29, 0.717) is 17.5 Å². The lowest BCUT2D eigenvalue weighted by Crippen LogP contribution is -2.07.